The minimum Gasteiger partial charge on any atom is -0.479 e. The van der Waals surface area contributed by atoms with Crippen molar-refractivity contribution in [3.05, 3.63) is 42.0 Å². The summed E-state index contributed by atoms with van der Waals surface area (Å²) in [5, 5.41) is 18.5. The molecule has 1 heterocycles. The van der Waals surface area contributed by atoms with Gasteiger partial charge in [-0.3, -0.25) is 5.10 Å². The molecule has 2 rings (SSSR count). The lowest BCUT2D eigenvalue weighted by molar-refractivity contribution is 0.368. The van der Waals surface area contributed by atoms with Gasteiger partial charge in [-0.2, -0.15) is 10.4 Å². The van der Waals surface area contributed by atoms with Crippen LogP contribution < -0.4 is 10.1 Å². The molecule has 0 saturated heterocycles. The molecular formula is C14H17N5O. The van der Waals surface area contributed by atoms with Gasteiger partial charge in [0.2, 0.25) is 0 Å². The number of benzene rings is 1. The van der Waals surface area contributed by atoms with Crippen LogP contribution in [0.3, 0.4) is 0 Å². The van der Waals surface area contributed by atoms with E-state index in [9.17, 15) is 0 Å². The maximum atomic E-state index is 8.45. The molecule has 1 aromatic heterocycles. The van der Waals surface area contributed by atoms with Crippen molar-refractivity contribution in [3.8, 4) is 11.8 Å². The van der Waals surface area contributed by atoms with Crippen LogP contribution in [0.25, 0.3) is 0 Å². The average Bonchev–Trinajstić information content (AvgIpc) is 2.99. The van der Waals surface area contributed by atoms with Gasteiger partial charge in [0.15, 0.2) is 6.61 Å². The Labute approximate surface area is 117 Å². The number of hydrogen-bond acceptors (Lipinski definition) is 5. The number of ether oxygens (including phenoxy) is 1. The molecule has 1 aromatic carbocycles. The van der Waals surface area contributed by atoms with Crippen LogP contribution in [-0.4, -0.2) is 28.3 Å². The number of nitrogens with one attached hydrogen (secondary N) is 2. The van der Waals surface area contributed by atoms with Crippen molar-refractivity contribution in [2.24, 2.45) is 0 Å². The van der Waals surface area contributed by atoms with E-state index in [2.05, 4.69) is 27.4 Å². The van der Waals surface area contributed by atoms with Gasteiger partial charge in [-0.15, -0.1) is 0 Å². The second kappa shape index (κ2) is 7.26. The van der Waals surface area contributed by atoms with Crippen molar-refractivity contribution in [2.75, 3.05) is 13.2 Å². The number of hydrogen-bond donors (Lipinski definition) is 2. The van der Waals surface area contributed by atoms with Crippen LogP contribution in [0.4, 0.5) is 0 Å². The van der Waals surface area contributed by atoms with Gasteiger partial charge < -0.3 is 10.1 Å². The first-order valence-corrected chi connectivity index (χ1v) is 6.47. The van der Waals surface area contributed by atoms with Crippen molar-refractivity contribution in [1.82, 2.24) is 20.5 Å². The number of aromatic nitrogens is 3. The molecule has 0 radical (unpaired) electrons. The normalized spacial score (nSPS) is 11.8. The van der Waals surface area contributed by atoms with Crippen LogP contribution in [0.2, 0.25) is 0 Å². The maximum Gasteiger partial charge on any atom is 0.174 e. The molecule has 2 N–H and O–H groups in total. The SMILES string of the molecule is CC(NCCc1ncn[nH]1)c1ccc(OCC#N)cc1. The lowest BCUT2D eigenvalue weighted by Gasteiger charge is -2.14. The molecule has 0 aliphatic rings. The summed E-state index contributed by atoms with van der Waals surface area (Å²) in [7, 11) is 0. The van der Waals surface area contributed by atoms with Crippen molar-refractivity contribution >= 4 is 0 Å². The Morgan fingerprint density at radius 1 is 1.40 bits per heavy atom. The second-order valence-electron chi connectivity index (χ2n) is 4.37. The highest BCUT2D eigenvalue weighted by atomic mass is 16.5. The van der Waals surface area contributed by atoms with Crippen LogP contribution in [0.1, 0.15) is 24.4 Å². The van der Waals surface area contributed by atoms with Gasteiger partial charge in [-0.05, 0) is 24.6 Å². The van der Waals surface area contributed by atoms with Gasteiger partial charge in [-0.25, -0.2) is 4.98 Å². The van der Waals surface area contributed by atoms with Crippen LogP contribution in [-0.2, 0) is 6.42 Å². The van der Waals surface area contributed by atoms with Gasteiger partial charge in [0.25, 0.3) is 0 Å². The highest BCUT2D eigenvalue weighted by Gasteiger charge is 2.05. The molecule has 1 unspecified atom stereocenters. The topological polar surface area (TPSA) is 86.6 Å². The minimum absolute atomic E-state index is 0.0737. The van der Waals surface area contributed by atoms with Gasteiger partial charge >= 0.3 is 0 Å². The Balaban J connectivity index is 1.79. The first kappa shape index (κ1) is 14.0. The molecule has 0 saturated carbocycles. The van der Waals surface area contributed by atoms with Crippen molar-refractivity contribution < 1.29 is 4.74 Å². The Morgan fingerprint density at radius 2 is 2.20 bits per heavy atom. The average molecular weight is 271 g/mol. The van der Waals surface area contributed by atoms with E-state index >= 15 is 0 Å². The number of rotatable bonds is 7. The Hall–Kier alpha value is -2.39. The van der Waals surface area contributed by atoms with E-state index in [0.717, 1.165) is 18.8 Å². The summed E-state index contributed by atoms with van der Waals surface area (Å²) in [5.41, 5.74) is 1.17. The quantitative estimate of drug-likeness (QED) is 0.798. The standard InChI is InChI=1S/C14H17N5O/c1-11(16-8-6-14-17-10-18-19-14)12-2-4-13(5-3-12)20-9-7-15/h2-5,10-11,16H,6,8-9H2,1H3,(H,17,18,19). The zero-order valence-electron chi connectivity index (χ0n) is 11.3. The van der Waals surface area contributed by atoms with Crippen LogP contribution in [0, 0.1) is 11.3 Å². The molecule has 6 nitrogen and oxygen atoms in total. The first-order valence-electron chi connectivity index (χ1n) is 6.47. The smallest absolute Gasteiger partial charge is 0.174 e. The van der Waals surface area contributed by atoms with Crippen LogP contribution in [0.5, 0.6) is 5.75 Å². The molecule has 20 heavy (non-hydrogen) atoms. The number of nitrogens with zero attached hydrogens (tertiary/aromatic N) is 3. The molecule has 0 aliphatic heterocycles. The third kappa shape index (κ3) is 4.07. The van der Waals surface area contributed by atoms with E-state index in [0.29, 0.717) is 5.75 Å². The van der Waals surface area contributed by atoms with E-state index in [4.69, 9.17) is 10.00 Å². The fourth-order valence-corrected chi connectivity index (χ4v) is 1.84. The molecule has 0 amide bonds. The molecular weight excluding hydrogens is 254 g/mol. The molecule has 104 valence electrons. The molecule has 0 spiro atoms. The molecule has 6 heteroatoms. The predicted molar refractivity (Wildman–Crippen MR) is 74.1 cm³/mol. The lowest BCUT2D eigenvalue weighted by atomic mass is 10.1. The zero-order valence-corrected chi connectivity index (χ0v) is 11.3. The summed E-state index contributed by atoms with van der Waals surface area (Å²) in [4.78, 5) is 4.08. The van der Waals surface area contributed by atoms with Gasteiger partial charge in [-0.1, -0.05) is 12.1 Å². The highest BCUT2D eigenvalue weighted by molar-refractivity contribution is 5.29. The molecule has 0 bridgehead atoms. The Bertz CT molecular complexity index is 544. The molecule has 1 atom stereocenters. The third-order valence-corrected chi connectivity index (χ3v) is 2.96. The lowest BCUT2D eigenvalue weighted by Crippen LogP contribution is -2.21. The maximum absolute atomic E-state index is 8.45. The van der Waals surface area contributed by atoms with E-state index in [1.165, 1.54) is 11.9 Å². The first-order chi connectivity index (χ1) is 9.79. The third-order valence-electron chi connectivity index (χ3n) is 2.96. The highest BCUT2D eigenvalue weighted by Crippen LogP contribution is 2.17. The molecule has 0 fully saturated rings. The van der Waals surface area contributed by atoms with E-state index in [1.54, 1.807) is 0 Å². The predicted octanol–water partition coefficient (Wildman–Crippen LogP) is 1.60. The van der Waals surface area contributed by atoms with Crippen molar-refractivity contribution in [1.29, 1.82) is 5.26 Å². The fourth-order valence-electron chi connectivity index (χ4n) is 1.84. The van der Waals surface area contributed by atoms with Crippen LogP contribution in [0.15, 0.2) is 30.6 Å². The Morgan fingerprint density at radius 3 is 2.85 bits per heavy atom. The fraction of sp³-hybridized carbons (Fsp3) is 0.357. The van der Waals surface area contributed by atoms with E-state index < -0.39 is 0 Å². The van der Waals surface area contributed by atoms with Gasteiger partial charge in [0.1, 0.15) is 24.0 Å². The van der Waals surface area contributed by atoms with Crippen molar-refractivity contribution in [2.45, 2.75) is 19.4 Å². The summed E-state index contributed by atoms with van der Waals surface area (Å²) in [5.74, 6) is 1.59. The molecule has 0 aliphatic carbocycles. The largest absolute Gasteiger partial charge is 0.479 e. The summed E-state index contributed by atoms with van der Waals surface area (Å²) in [6.45, 7) is 3.00. The van der Waals surface area contributed by atoms with Crippen LogP contribution >= 0.6 is 0 Å². The zero-order chi connectivity index (χ0) is 14.2. The summed E-state index contributed by atoms with van der Waals surface area (Å²) >= 11 is 0. The van der Waals surface area contributed by atoms with E-state index in [1.807, 2.05) is 30.3 Å². The number of aromatic amines is 1. The van der Waals surface area contributed by atoms with Crippen molar-refractivity contribution in [3.63, 3.8) is 0 Å². The van der Waals surface area contributed by atoms with Gasteiger partial charge in [0.05, 0.1) is 0 Å². The summed E-state index contributed by atoms with van der Waals surface area (Å²) < 4.78 is 5.22. The Kier molecular flexibility index (Phi) is 5.09. The van der Waals surface area contributed by atoms with E-state index in [-0.39, 0.29) is 12.6 Å². The second-order valence-corrected chi connectivity index (χ2v) is 4.37. The number of H-pyrrole nitrogens is 1. The van der Waals surface area contributed by atoms with Gasteiger partial charge in [0, 0.05) is 19.0 Å². The minimum atomic E-state index is 0.0737. The summed E-state index contributed by atoms with van der Waals surface area (Å²) in [6.07, 6.45) is 2.33. The monoisotopic (exact) mass is 271 g/mol. The summed E-state index contributed by atoms with van der Waals surface area (Å²) in [6, 6.07) is 9.94. The number of nitriles is 1. The molecule has 2 aromatic rings.